The molecule has 1 aliphatic carbocycles. The number of nitrogens with one attached hydrogen (secondary N) is 1. The molecule has 4 nitrogen and oxygen atoms in total. The maximum absolute atomic E-state index is 12.4. The van der Waals surface area contributed by atoms with Crippen LogP contribution in [0.3, 0.4) is 0 Å². The maximum Gasteiger partial charge on any atom is 0.490 e. The van der Waals surface area contributed by atoms with Gasteiger partial charge in [0.25, 0.3) is 0 Å². The molecule has 1 heterocycles. The van der Waals surface area contributed by atoms with E-state index in [0.29, 0.717) is 6.54 Å². The van der Waals surface area contributed by atoms with Crippen molar-refractivity contribution in [3.05, 3.63) is 35.9 Å². The molecular weight excluding hydrogens is 299 g/mol. The van der Waals surface area contributed by atoms with Crippen LogP contribution in [0.2, 0.25) is 0 Å². The number of piperidine rings is 1. The highest BCUT2D eigenvalue weighted by atomic mass is 19.4. The van der Waals surface area contributed by atoms with Gasteiger partial charge in [0.05, 0.1) is 6.10 Å². The van der Waals surface area contributed by atoms with Gasteiger partial charge in [-0.25, -0.2) is 4.79 Å². The molecule has 2 aliphatic rings. The number of hydrogen-bond donors (Lipinski definition) is 1. The van der Waals surface area contributed by atoms with Crippen molar-refractivity contribution in [2.75, 3.05) is 13.1 Å². The Morgan fingerprint density at radius 2 is 2.05 bits per heavy atom. The number of hydrogen-bond acceptors (Lipinski definition) is 4. The largest absolute Gasteiger partial charge is 0.490 e. The monoisotopic (exact) mass is 315 g/mol. The Balaban J connectivity index is 1.67. The lowest BCUT2D eigenvalue weighted by Gasteiger charge is -2.20. The van der Waals surface area contributed by atoms with Crippen LogP contribution in [0, 0.1) is 5.92 Å². The Morgan fingerprint density at radius 1 is 1.36 bits per heavy atom. The lowest BCUT2D eigenvalue weighted by atomic mass is 10.1. The van der Waals surface area contributed by atoms with Crippen LogP contribution >= 0.6 is 0 Å². The first kappa shape index (κ1) is 15.3. The van der Waals surface area contributed by atoms with E-state index in [-0.39, 0.29) is 18.6 Å². The normalized spacial score (nSPS) is 31.5. The van der Waals surface area contributed by atoms with E-state index in [1.54, 1.807) is 0 Å². The van der Waals surface area contributed by atoms with Crippen LogP contribution in [-0.4, -0.2) is 36.9 Å². The van der Waals surface area contributed by atoms with Gasteiger partial charge in [0.2, 0.25) is 0 Å². The summed E-state index contributed by atoms with van der Waals surface area (Å²) < 4.78 is 47.8. The van der Waals surface area contributed by atoms with Crippen LogP contribution < -0.4 is 5.32 Å². The van der Waals surface area contributed by atoms with Gasteiger partial charge in [-0.2, -0.15) is 13.2 Å². The smallest absolute Gasteiger partial charge is 0.448 e. The summed E-state index contributed by atoms with van der Waals surface area (Å²) in [6.07, 6.45) is -5.77. The molecular formula is C15H16F3NO3. The average molecular weight is 315 g/mol. The lowest BCUT2D eigenvalue weighted by Crippen LogP contribution is -2.38. The Bertz CT molecular complexity index is 563. The highest BCUT2D eigenvalue weighted by molar-refractivity contribution is 5.76. The Morgan fingerprint density at radius 3 is 2.68 bits per heavy atom. The van der Waals surface area contributed by atoms with Gasteiger partial charge in [-0.3, -0.25) is 0 Å². The van der Waals surface area contributed by atoms with E-state index >= 15 is 0 Å². The molecule has 1 aromatic carbocycles. The van der Waals surface area contributed by atoms with Crippen molar-refractivity contribution in [3.8, 4) is 0 Å². The van der Waals surface area contributed by atoms with E-state index < -0.39 is 23.9 Å². The predicted octanol–water partition coefficient (Wildman–Crippen LogP) is 2.21. The number of carbonyl (C=O) groups is 1. The summed E-state index contributed by atoms with van der Waals surface area (Å²) in [7, 11) is 0. The fraction of sp³-hybridized carbons (Fsp3) is 0.533. The highest BCUT2D eigenvalue weighted by Crippen LogP contribution is 2.54. The van der Waals surface area contributed by atoms with Gasteiger partial charge in [0.15, 0.2) is 5.60 Å². The van der Waals surface area contributed by atoms with E-state index in [0.717, 1.165) is 5.56 Å². The van der Waals surface area contributed by atoms with Crippen molar-refractivity contribution >= 4 is 5.97 Å². The summed E-state index contributed by atoms with van der Waals surface area (Å²) in [5.41, 5.74) is -0.256. The summed E-state index contributed by atoms with van der Waals surface area (Å²) in [6.45, 7) is 2.50. The van der Waals surface area contributed by atoms with Gasteiger partial charge in [-0.05, 0) is 12.5 Å². The Kier molecular flexibility index (Phi) is 3.65. The third-order valence-corrected chi connectivity index (χ3v) is 4.27. The number of carbonyl (C=O) groups excluding carboxylic acids is 1. The molecule has 1 saturated carbocycles. The van der Waals surface area contributed by atoms with Crippen LogP contribution in [0.15, 0.2) is 30.3 Å². The van der Waals surface area contributed by atoms with E-state index in [2.05, 4.69) is 5.32 Å². The van der Waals surface area contributed by atoms with Crippen molar-refractivity contribution in [2.24, 2.45) is 5.92 Å². The molecule has 0 radical (unpaired) electrons. The van der Waals surface area contributed by atoms with Gasteiger partial charge in [-0.1, -0.05) is 30.3 Å². The average Bonchev–Trinajstić information content (AvgIpc) is 2.84. The first-order valence-electron chi connectivity index (χ1n) is 7.06. The number of ether oxygens (including phenoxy) is 2. The van der Waals surface area contributed by atoms with Crippen molar-refractivity contribution in [2.45, 2.75) is 30.9 Å². The third-order valence-electron chi connectivity index (χ3n) is 4.27. The zero-order valence-corrected chi connectivity index (χ0v) is 11.9. The van der Waals surface area contributed by atoms with Gasteiger partial charge < -0.3 is 14.8 Å². The Hall–Kier alpha value is -1.60. The number of rotatable bonds is 4. The number of esters is 1. The fourth-order valence-corrected chi connectivity index (χ4v) is 3.02. The van der Waals surface area contributed by atoms with Crippen LogP contribution in [-0.2, 0) is 14.3 Å². The van der Waals surface area contributed by atoms with Crippen molar-refractivity contribution < 1.29 is 27.4 Å². The molecule has 4 unspecified atom stereocenters. The van der Waals surface area contributed by atoms with Gasteiger partial charge >= 0.3 is 12.1 Å². The maximum atomic E-state index is 12.4. The topological polar surface area (TPSA) is 47.6 Å². The van der Waals surface area contributed by atoms with Crippen LogP contribution in [0.4, 0.5) is 13.2 Å². The molecule has 2 fully saturated rings. The van der Waals surface area contributed by atoms with E-state index in [1.165, 1.54) is 0 Å². The quantitative estimate of drug-likeness (QED) is 0.866. The molecule has 0 aromatic heterocycles. The minimum atomic E-state index is -4.99. The number of fused-ring (bicyclic) bond motifs is 1. The second-order valence-corrected chi connectivity index (χ2v) is 5.69. The minimum Gasteiger partial charge on any atom is -0.448 e. The molecule has 1 N–H and O–H groups in total. The molecule has 1 aliphatic heterocycles. The third kappa shape index (κ3) is 2.59. The summed E-state index contributed by atoms with van der Waals surface area (Å²) >= 11 is 0. The number of halogens is 3. The molecule has 0 amide bonds. The summed E-state index contributed by atoms with van der Waals surface area (Å²) in [4.78, 5) is 11.1. The molecule has 4 atom stereocenters. The van der Waals surface area contributed by atoms with E-state index in [4.69, 9.17) is 9.47 Å². The van der Waals surface area contributed by atoms with Crippen molar-refractivity contribution in [1.82, 2.24) is 5.32 Å². The zero-order chi connectivity index (χ0) is 16.0. The molecule has 1 saturated heterocycles. The second-order valence-electron chi connectivity index (χ2n) is 5.69. The summed E-state index contributed by atoms with van der Waals surface area (Å²) in [6, 6.07) is 9.37. The van der Waals surface area contributed by atoms with E-state index in [1.807, 2.05) is 37.3 Å². The zero-order valence-electron chi connectivity index (χ0n) is 11.9. The minimum absolute atomic E-state index is 0.186. The fourth-order valence-electron chi connectivity index (χ4n) is 3.02. The Labute approximate surface area is 125 Å². The first-order valence-corrected chi connectivity index (χ1v) is 7.06. The second kappa shape index (κ2) is 5.24. The van der Waals surface area contributed by atoms with Crippen molar-refractivity contribution in [1.29, 1.82) is 0 Å². The number of alkyl halides is 3. The first-order chi connectivity index (χ1) is 10.3. The molecule has 22 heavy (non-hydrogen) atoms. The van der Waals surface area contributed by atoms with E-state index in [9.17, 15) is 18.0 Å². The van der Waals surface area contributed by atoms with Crippen molar-refractivity contribution in [3.63, 3.8) is 0 Å². The lowest BCUT2D eigenvalue weighted by molar-refractivity contribution is -0.209. The summed E-state index contributed by atoms with van der Waals surface area (Å²) in [5.74, 6) is -2.38. The highest BCUT2D eigenvalue weighted by Gasteiger charge is 2.73. The summed E-state index contributed by atoms with van der Waals surface area (Å²) in [5, 5.41) is 2.94. The van der Waals surface area contributed by atoms with Gasteiger partial charge in [-0.15, -0.1) is 0 Å². The van der Waals surface area contributed by atoms with Gasteiger partial charge in [0.1, 0.15) is 6.10 Å². The van der Waals surface area contributed by atoms with Crippen LogP contribution in [0.5, 0.6) is 0 Å². The van der Waals surface area contributed by atoms with Crippen LogP contribution in [0.1, 0.15) is 18.6 Å². The molecule has 0 spiro atoms. The standard InChI is InChI=1S/C15H16F3NO3/c1-9(10-5-3-2-4-6-10)21-12-11-7-19-8-14(11,12)22-13(20)15(16,17)18/h2-6,9,11-12,19H,7-8H2,1H3. The van der Waals surface area contributed by atoms with Crippen LogP contribution in [0.25, 0.3) is 0 Å². The SMILES string of the molecule is CC(OC1C2CNCC21OC(=O)C(F)(F)F)c1ccccc1. The molecule has 0 bridgehead atoms. The molecule has 3 rings (SSSR count). The predicted molar refractivity (Wildman–Crippen MR) is 71.0 cm³/mol. The molecule has 1 aromatic rings. The molecule has 120 valence electrons. The number of benzene rings is 1. The van der Waals surface area contributed by atoms with Gasteiger partial charge in [0, 0.05) is 19.0 Å². The molecule has 7 heteroatoms.